The number of pyridine rings is 1. The molecule has 0 saturated heterocycles. The molecule has 8 nitrogen and oxygen atoms in total. The number of hydrogen-bond acceptors (Lipinski definition) is 6. The van der Waals surface area contributed by atoms with Crippen LogP contribution in [0, 0.1) is 6.92 Å². The molecule has 0 aliphatic carbocycles. The van der Waals surface area contributed by atoms with Gasteiger partial charge < -0.3 is 21.1 Å². The van der Waals surface area contributed by atoms with Crippen LogP contribution >= 0.6 is 0 Å². The molecule has 0 atom stereocenters. The van der Waals surface area contributed by atoms with E-state index < -0.39 is 17.6 Å². The van der Waals surface area contributed by atoms with E-state index in [2.05, 4.69) is 31.1 Å². The maximum Gasteiger partial charge on any atom is 0.419 e. The van der Waals surface area contributed by atoms with E-state index in [-0.39, 0.29) is 35.8 Å². The summed E-state index contributed by atoms with van der Waals surface area (Å²) in [5.41, 5.74) is 0.851. The number of carbonyl (C=O) groups is 1. The Balaban J connectivity index is 2.02. The van der Waals surface area contributed by atoms with Crippen LogP contribution < -0.4 is 16.0 Å². The highest BCUT2D eigenvalue weighted by molar-refractivity contribution is 6.00. The summed E-state index contributed by atoms with van der Waals surface area (Å²) >= 11 is 0. The number of H-pyrrole nitrogens is 1. The van der Waals surface area contributed by atoms with Gasteiger partial charge in [-0.15, -0.1) is 0 Å². The van der Waals surface area contributed by atoms with Crippen molar-refractivity contribution >= 4 is 28.8 Å². The molecule has 2 heterocycles. The zero-order chi connectivity index (χ0) is 22.6. The smallest absolute Gasteiger partial charge is 0.396 e. The molecule has 0 saturated carbocycles. The number of aromatic amines is 1. The van der Waals surface area contributed by atoms with Crippen LogP contribution in [0.5, 0.6) is 0 Å². The molecule has 3 aromatic rings. The molecule has 0 fully saturated rings. The van der Waals surface area contributed by atoms with Gasteiger partial charge >= 0.3 is 6.18 Å². The van der Waals surface area contributed by atoms with Crippen LogP contribution in [-0.2, 0) is 12.6 Å². The molecule has 2 aromatic heterocycles. The Hall–Kier alpha value is -3.60. The maximum absolute atomic E-state index is 13.6. The zero-order valence-corrected chi connectivity index (χ0v) is 16.8. The molecule has 0 aliphatic rings. The fraction of sp³-hybridized carbons (Fsp3) is 0.250. The van der Waals surface area contributed by atoms with E-state index in [1.807, 2.05) is 0 Å². The summed E-state index contributed by atoms with van der Waals surface area (Å²) in [4.78, 5) is 16.0. The Bertz CT molecular complexity index is 1080. The van der Waals surface area contributed by atoms with Gasteiger partial charge in [-0.05, 0) is 19.1 Å². The lowest BCUT2D eigenvalue weighted by Crippen LogP contribution is -2.19. The molecule has 11 heteroatoms. The maximum atomic E-state index is 13.6. The van der Waals surface area contributed by atoms with Crippen molar-refractivity contribution in [3.63, 3.8) is 0 Å². The predicted molar refractivity (Wildman–Crippen MR) is 110 cm³/mol. The van der Waals surface area contributed by atoms with Gasteiger partial charge in [-0.25, -0.2) is 4.98 Å². The Labute approximate surface area is 175 Å². The SMILES string of the molecule is CNC(=O)c1ccccc1Nc1cc(Nc2c(C)n[nH]c2CCO)ncc1C(F)(F)F. The number of halogens is 3. The minimum atomic E-state index is -4.66. The fourth-order valence-corrected chi connectivity index (χ4v) is 2.99. The molecule has 0 unspecified atom stereocenters. The van der Waals surface area contributed by atoms with Crippen molar-refractivity contribution in [3.05, 3.63) is 59.0 Å². The first-order valence-electron chi connectivity index (χ1n) is 9.31. The number of amides is 1. The Morgan fingerprint density at radius 2 is 1.94 bits per heavy atom. The molecule has 1 amide bonds. The molecule has 0 radical (unpaired) electrons. The van der Waals surface area contributed by atoms with Crippen molar-refractivity contribution in [3.8, 4) is 0 Å². The number of rotatable bonds is 7. The van der Waals surface area contributed by atoms with Gasteiger partial charge in [0.25, 0.3) is 5.91 Å². The van der Waals surface area contributed by atoms with Gasteiger partial charge in [-0.3, -0.25) is 9.89 Å². The predicted octanol–water partition coefficient (Wildman–Crippen LogP) is 3.51. The van der Waals surface area contributed by atoms with Crippen LogP contribution in [0.1, 0.15) is 27.3 Å². The molecule has 0 bridgehead atoms. The summed E-state index contributed by atoms with van der Waals surface area (Å²) in [6, 6.07) is 7.45. The first-order valence-corrected chi connectivity index (χ1v) is 9.31. The first-order chi connectivity index (χ1) is 14.7. The second-order valence-corrected chi connectivity index (χ2v) is 6.62. The molecular formula is C20H21F3N6O2. The van der Waals surface area contributed by atoms with Crippen LogP contribution in [0.4, 0.5) is 36.1 Å². The molecule has 3 rings (SSSR count). The van der Waals surface area contributed by atoms with Gasteiger partial charge in [0.2, 0.25) is 0 Å². The number of hydrogen-bond donors (Lipinski definition) is 5. The van der Waals surface area contributed by atoms with Crippen LogP contribution in [0.3, 0.4) is 0 Å². The Morgan fingerprint density at radius 1 is 1.19 bits per heavy atom. The first kappa shape index (κ1) is 22.1. The largest absolute Gasteiger partial charge is 0.419 e. The van der Waals surface area contributed by atoms with E-state index in [9.17, 15) is 23.1 Å². The summed E-state index contributed by atoms with van der Waals surface area (Å²) in [6.07, 6.45) is -3.66. The zero-order valence-electron chi connectivity index (χ0n) is 16.8. The molecule has 0 spiro atoms. The van der Waals surface area contributed by atoms with E-state index in [0.717, 1.165) is 0 Å². The standard InChI is InChI=1S/C20H21F3N6O2/c1-11-18(15(7-8-30)29-28-11)27-17-9-16(13(10-25-17)20(21,22)23)26-14-6-4-3-5-12(14)19(31)24-2/h3-6,9-10,30H,7-8H2,1-2H3,(H,24,31)(H,28,29)(H2,25,26,27). The monoisotopic (exact) mass is 434 g/mol. The molecule has 164 valence electrons. The number of anilines is 4. The lowest BCUT2D eigenvalue weighted by Gasteiger charge is -2.17. The molecule has 5 N–H and O–H groups in total. The highest BCUT2D eigenvalue weighted by atomic mass is 19.4. The number of alkyl halides is 3. The van der Waals surface area contributed by atoms with E-state index in [0.29, 0.717) is 23.3 Å². The van der Waals surface area contributed by atoms with Gasteiger partial charge in [0, 0.05) is 32.3 Å². The summed E-state index contributed by atoms with van der Waals surface area (Å²) < 4.78 is 40.8. The van der Waals surface area contributed by atoms with Crippen molar-refractivity contribution in [1.29, 1.82) is 0 Å². The number of nitrogens with one attached hydrogen (secondary N) is 4. The van der Waals surface area contributed by atoms with Crippen molar-refractivity contribution < 1.29 is 23.1 Å². The van der Waals surface area contributed by atoms with Gasteiger partial charge in [0.05, 0.1) is 39.6 Å². The molecular weight excluding hydrogens is 413 g/mol. The lowest BCUT2D eigenvalue weighted by atomic mass is 10.1. The fourth-order valence-electron chi connectivity index (χ4n) is 2.99. The summed E-state index contributed by atoms with van der Waals surface area (Å²) in [7, 11) is 1.44. The van der Waals surface area contributed by atoms with E-state index >= 15 is 0 Å². The third kappa shape index (κ3) is 4.94. The van der Waals surface area contributed by atoms with Gasteiger partial charge in [0.1, 0.15) is 5.82 Å². The number of aliphatic hydroxyl groups is 1. The summed E-state index contributed by atoms with van der Waals surface area (Å²) in [6.45, 7) is 1.59. The van der Waals surface area contributed by atoms with Gasteiger partial charge in [-0.1, -0.05) is 12.1 Å². The molecule has 1 aromatic carbocycles. The highest BCUT2D eigenvalue weighted by Gasteiger charge is 2.34. The third-order valence-electron chi connectivity index (χ3n) is 4.51. The number of aromatic nitrogens is 3. The topological polar surface area (TPSA) is 115 Å². The number of benzene rings is 1. The number of aryl methyl sites for hydroxylation is 1. The number of nitrogens with zero attached hydrogens (tertiary/aromatic N) is 2. The lowest BCUT2D eigenvalue weighted by molar-refractivity contribution is -0.137. The van der Waals surface area contributed by atoms with E-state index in [1.54, 1.807) is 19.1 Å². The average Bonchev–Trinajstić information content (AvgIpc) is 3.07. The van der Waals surface area contributed by atoms with Crippen molar-refractivity contribution in [2.75, 3.05) is 24.3 Å². The van der Waals surface area contributed by atoms with Gasteiger partial charge in [-0.2, -0.15) is 18.3 Å². The number of para-hydroxylation sites is 1. The molecule has 31 heavy (non-hydrogen) atoms. The van der Waals surface area contributed by atoms with Gasteiger partial charge in [0.15, 0.2) is 0 Å². The summed E-state index contributed by atoms with van der Waals surface area (Å²) in [5, 5.41) is 24.1. The quantitative estimate of drug-likeness (QED) is 0.389. The van der Waals surface area contributed by atoms with Crippen LogP contribution in [0.2, 0.25) is 0 Å². The van der Waals surface area contributed by atoms with Crippen LogP contribution in [0.15, 0.2) is 36.5 Å². The van der Waals surface area contributed by atoms with E-state index in [1.165, 1.54) is 25.2 Å². The number of aliphatic hydroxyl groups excluding tert-OH is 1. The number of carbonyl (C=O) groups excluding carboxylic acids is 1. The van der Waals surface area contributed by atoms with Crippen molar-refractivity contribution in [1.82, 2.24) is 20.5 Å². The molecule has 0 aliphatic heterocycles. The Morgan fingerprint density at radius 3 is 2.61 bits per heavy atom. The third-order valence-corrected chi connectivity index (χ3v) is 4.51. The minimum Gasteiger partial charge on any atom is -0.396 e. The van der Waals surface area contributed by atoms with Crippen molar-refractivity contribution in [2.24, 2.45) is 0 Å². The minimum absolute atomic E-state index is 0.125. The average molecular weight is 434 g/mol. The van der Waals surface area contributed by atoms with Crippen LogP contribution in [0.25, 0.3) is 0 Å². The normalized spacial score (nSPS) is 11.3. The second-order valence-electron chi connectivity index (χ2n) is 6.62. The van der Waals surface area contributed by atoms with E-state index in [4.69, 9.17) is 0 Å². The Kier molecular flexibility index (Phi) is 6.44. The van der Waals surface area contributed by atoms with Crippen LogP contribution in [-0.4, -0.2) is 39.8 Å². The summed E-state index contributed by atoms with van der Waals surface area (Å²) in [5.74, 6) is -0.302. The second kappa shape index (κ2) is 9.04. The van der Waals surface area contributed by atoms with Crippen molar-refractivity contribution in [2.45, 2.75) is 19.5 Å². The highest BCUT2D eigenvalue weighted by Crippen LogP contribution is 2.38.